The van der Waals surface area contributed by atoms with Crippen molar-refractivity contribution in [3.8, 4) is 0 Å². The van der Waals surface area contributed by atoms with Crippen molar-refractivity contribution in [1.29, 1.82) is 0 Å². The van der Waals surface area contributed by atoms with Gasteiger partial charge in [-0.2, -0.15) is 11.6 Å². The van der Waals surface area contributed by atoms with E-state index >= 15 is 0 Å². The number of allylic oxidation sites excluding steroid dienone is 3. The summed E-state index contributed by atoms with van der Waals surface area (Å²) in [6.45, 7) is 4.88. The van der Waals surface area contributed by atoms with Crippen molar-refractivity contribution in [2.24, 2.45) is 0 Å². The molecule has 5 heteroatoms. The van der Waals surface area contributed by atoms with Crippen molar-refractivity contribution in [3.05, 3.63) is 22.9 Å². The molecular formula is C9H15Cl2OSiZr. The van der Waals surface area contributed by atoms with Crippen molar-refractivity contribution < 1.29 is 56.1 Å². The summed E-state index contributed by atoms with van der Waals surface area (Å²) in [5, 5.41) is 10.2. The van der Waals surface area contributed by atoms with Gasteiger partial charge in [0.25, 0.3) is 0 Å². The molecule has 1 aliphatic carbocycles. The zero-order valence-corrected chi connectivity index (χ0v) is 13.6. The first-order chi connectivity index (χ1) is 5.25. The van der Waals surface area contributed by atoms with Crippen LogP contribution in [0.3, 0.4) is 0 Å². The zero-order valence-electron chi connectivity index (χ0n) is 8.48. The molecule has 0 aromatic rings. The molecule has 0 fully saturated rings. The molecule has 0 amide bonds. The van der Waals surface area contributed by atoms with E-state index in [4.69, 9.17) is 5.11 Å². The smallest absolute Gasteiger partial charge is 1.00 e. The Morgan fingerprint density at radius 3 is 2.43 bits per heavy atom. The van der Waals surface area contributed by atoms with Gasteiger partial charge in [0.2, 0.25) is 0 Å². The summed E-state index contributed by atoms with van der Waals surface area (Å²) in [7, 11) is -0.686. The molecule has 1 nitrogen and oxygen atoms in total. The van der Waals surface area contributed by atoms with Crippen LogP contribution in [-0.4, -0.2) is 20.5 Å². The van der Waals surface area contributed by atoms with Crippen LogP contribution in [0, 0.1) is 6.08 Å². The Hall–Kier alpha value is 1.12. The molecule has 0 aromatic carbocycles. The fraction of sp³-hybridized carbons (Fsp3) is 0.556. The summed E-state index contributed by atoms with van der Waals surface area (Å²) in [6.07, 6.45) is 7.35. The number of aliphatic hydroxyl groups excluding tert-OH is 1. The number of hydrogen-bond acceptors (Lipinski definition) is 1. The Morgan fingerprint density at radius 1 is 1.43 bits per heavy atom. The van der Waals surface area contributed by atoms with Gasteiger partial charge in [-0.1, -0.05) is 19.5 Å². The van der Waals surface area contributed by atoms with Crippen molar-refractivity contribution in [2.45, 2.75) is 25.9 Å². The van der Waals surface area contributed by atoms with Gasteiger partial charge in [-0.3, -0.25) is 6.08 Å². The van der Waals surface area contributed by atoms with Gasteiger partial charge in [0.05, 0.1) is 0 Å². The molecule has 1 N–H and O–H groups in total. The maximum atomic E-state index is 8.76. The van der Waals surface area contributed by atoms with Crippen LogP contribution in [0.4, 0.5) is 0 Å². The average Bonchev–Trinajstić information content (AvgIpc) is 2.36. The molecule has 14 heavy (non-hydrogen) atoms. The number of halogens is 2. The molecule has 0 unspecified atom stereocenters. The maximum absolute atomic E-state index is 8.76. The Morgan fingerprint density at radius 2 is 2.00 bits per heavy atom. The molecule has 1 aliphatic rings. The second-order valence-electron chi connectivity index (χ2n) is 3.15. The first kappa shape index (κ1) is 20.5. The molecule has 0 spiro atoms. The fourth-order valence-electron chi connectivity index (χ4n) is 1.44. The number of rotatable bonds is 3. The van der Waals surface area contributed by atoms with Crippen LogP contribution in [-0.2, 0) is 26.2 Å². The molecule has 0 saturated heterocycles. The topological polar surface area (TPSA) is 20.2 Å². The van der Waals surface area contributed by atoms with E-state index < -0.39 is 8.80 Å². The standard InChI is InChI=1S/C9H15OSi.2ClH.Zr/c1-11(2)9-5-3-4-8(9)6-7-10;;;/h4,10-11H,3,6-7H2,1-2H3;2*1H;/q-1;;;+3/p-2. The predicted octanol–water partition coefficient (Wildman–Crippen LogP) is -4.54. The van der Waals surface area contributed by atoms with E-state index in [0.29, 0.717) is 0 Å². The Bertz CT molecular complexity index is 205. The minimum atomic E-state index is -0.686. The quantitative estimate of drug-likeness (QED) is 0.409. The molecule has 1 rings (SSSR count). The number of hydrogen-bond donors (Lipinski definition) is 1. The summed E-state index contributed by atoms with van der Waals surface area (Å²) in [5.74, 6) is 0. The molecule has 0 atom stereocenters. The Kier molecular flexibility index (Phi) is 15.6. The first-order valence-corrected chi connectivity index (χ1v) is 7.05. The molecule has 1 radical (unpaired) electrons. The van der Waals surface area contributed by atoms with Gasteiger partial charge in [0.15, 0.2) is 0 Å². The van der Waals surface area contributed by atoms with Crippen molar-refractivity contribution in [1.82, 2.24) is 0 Å². The molecule has 0 saturated carbocycles. The summed E-state index contributed by atoms with van der Waals surface area (Å²) < 4.78 is 0. The second-order valence-corrected chi connectivity index (χ2v) is 6.04. The summed E-state index contributed by atoms with van der Waals surface area (Å²) in [4.78, 5) is 0. The van der Waals surface area contributed by atoms with Crippen LogP contribution in [0.5, 0.6) is 0 Å². The van der Waals surface area contributed by atoms with Gasteiger partial charge < -0.3 is 29.9 Å². The normalized spacial score (nSPS) is 13.4. The molecule has 0 heterocycles. The van der Waals surface area contributed by atoms with Gasteiger partial charge in [-0.15, -0.1) is 6.42 Å². The van der Waals surface area contributed by atoms with Crippen LogP contribution in [0.1, 0.15) is 12.8 Å². The SMILES string of the molecule is C[SiH](C)C1=[C-]CC=C1CCO.[Cl-].[Cl-].[Zr+3]. The van der Waals surface area contributed by atoms with Crippen LogP contribution in [0.25, 0.3) is 0 Å². The van der Waals surface area contributed by atoms with Crippen LogP contribution < -0.4 is 24.8 Å². The van der Waals surface area contributed by atoms with Crippen LogP contribution >= 0.6 is 0 Å². The maximum Gasteiger partial charge on any atom is 3.00 e. The Balaban J connectivity index is -0.000000403. The van der Waals surface area contributed by atoms with E-state index in [0.717, 1.165) is 12.8 Å². The Labute approximate surface area is 120 Å². The largest absolute Gasteiger partial charge is 3.00 e. The van der Waals surface area contributed by atoms with Crippen molar-refractivity contribution in [3.63, 3.8) is 0 Å². The zero-order chi connectivity index (χ0) is 8.27. The van der Waals surface area contributed by atoms with Crippen molar-refractivity contribution in [2.75, 3.05) is 6.61 Å². The molecular weight excluding hydrogens is 314 g/mol. The monoisotopic (exact) mass is 327 g/mol. The third kappa shape index (κ3) is 5.87. The second kappa shape index (κ2) is 10.6. The minimum Gasteiger partial charge on any atom is -1.00 e. The van der Waals surface area contributed by atoms with E-state index in [1.807, 2.05) is 0 Å². The van der Waals surface area contributed by atoms with Gasteiger partial charge >= 0.3 is 26.2 Å². The predicted molar refractivity (Wildman–Crippen MR) is 50.0 cm³/mol. The van der Waals surface area contributed by atoms with E-state index in [2.05, 4.69) is 25.2 Å². The van der Waals surface area contributed by atoms with Crippen molar-refractivity contribution >= 4 is 8.80 Å². The van der Waals surface area contributed by atoms with Crippen LogP contribution in [0.2, 0.25) is 13.1 Å². The summed E-state index contributed by atoms with van der Waals surface area (Å²) in [6, 6.07) is 0. The third-order valence-electron chi connectivity index (χ3n) is 1.95. The third-order valence-corrected chi connectivity index (χ3v) is 3.68. The minimum absolute atomic E-state index is 0. The van der Waals surface area contributed by atoms with Gasteiger partial charge in [-0.25, -0.2) is 5.20 Å². The molecule has 0 aliphatic heterocycles. The van der Waals surface area contributed by atoms with E-state index in [-0.39, 0.29) is 57.6 Å². The van der Waals surface area contributed by atoms with Crippen LogP contribution in [0.15, 0.2) is 16.8 Å². The average molecular weight is 329 g/mol. The van der Waals surface area contributed by atoms with E-state index in [1.165, 1.54) is 10.8 Å². The molecule has 79 valence electrons. The van der Waals surface area contributed by atoms with Gasteiger partial charge in [0.1, 0.15) is 0 Å². The number of aliphatic hydroxyl groups is 1. The molecule has 0 bridgehead atoms. The van der Waals surface area contributed by atoms with Gasteiger partial charge in [-0.05, 0) is 0 Å². The summed E-state index contributed by atoms with van der Waals surface area (Å²) in [5.41, 5.74) is 1.36. The summed E-state index contributed by atoms with van der Waals surface area (Å²) >= 11 is 0. The van der Waals surface area contributed by atoms with Gasteiger partial charge in [0, 0.05) is 15.4 Å². The first-order valence-electron chi connectivity index (χ1n) is 4.16. The molecule has 0 aromatic heterocycles. The fourth-order valence-corrected chi connectivity index (χ4v) is 2.97. The van der Waals surface area contributed by atoms with E-state index in [9.17, 15) is 0 Å². The van der Waals surface area contributed by atoms with E-state index in [1.54, 1.807) is 0 Å².